The Hall–Kier alpha value is -3.23. The zero-order chi connectivity index (χ0) is 19.9. The van der Waals surface area contributed by atoms with Crippen LogP contribution in [0.5, 0.6) is 5.75 Å². The number of amides is 1. The predicted octanol–water partition coefficient (Wildman–Crippen LogP) is 3.51. The lowest BCUT2D eigenvalue weighted by Crippen LogP contribution is -2.42. The number of nitrogens with one attached hydrogen (secondary N) is 1. The van der Waals surface area contributed by atoms with Crippen molar-refractivity contribution in [3.63, 3.8) is 0 Å². The van der Waals surface area contributed by atoms with Crippen LogP contribution >= 0.6 is 0 Å². The Morgan fingerprint density at radius 2 is 1.63 bits per heavy atom. The van der Waals surface area contributed by atoms with Crippen LogP contribution in [0.1, 0.15) is 11.1 Å². The van der Waals surface area contributed by atoms with Gasteiger partial charge in [0.15, 0.2) is 0 Å². The molecule has 1 unspecified atom stereocenters. The van der Waals surface area contributed by atoms with Crippen molar-refractivity contribution in [2.24, 2.45) is 0 Å². The van der Waals surface area contributed by atoms with E-state index in [-0.39, 0.29) is 13.0 Å². The maximum absolute atomic E-state index is 12.1. The topological polar surface area (TPSA) is 84.9 Å². The maximum atomic E-state index is 12.1. The summed E-state index contributed by atoms with van der Waals surface area (Å²) in [6.07, 6.45) is -5.86. The third kappa shape index (κ3) is 7.27. The predicted molar refractivity (Wildman–Crippen MR) is 88.0 cm³/mol. The van der Waals surface area contributed by atoms with E-state index in [4.69, 9.17) is 4.74 Å². The normalized spacial score (nSPS) is 12.1. The van der Waals surface area contributed by atoms with Crippen LogP contribution in [0.2, 0.25) is 0 Å². The first-order valence-electron chi connectivity index (χ1n) is 7.77. The molecule has 2 aromatic carbocycles. The molecular weight excluding hydrogens is 367 g/mol. The van der Waals surface area contributed by atoms with Gasteiger partial charge in [-0.05, 0) is 23.3 Å². The van der Waals surface area contributed by atoms with E-state index < -0.39 is 30.2 Å². The van der Waals surface area contributed by atoms with Crippen molar-refractivity contribution in [2.45, 2.75) is 25.4 Å². The van der Waals surface area contributed by atoms with Gasteiger partial charge in [-0.25, -0.2) is 9.59 Å². The van der Waals surface area contributed by atoms with Gasteiger partial charge >= 0.3 is 18.4 Å². The Kier molecular flexibility index (Phi) is 6.64. The minimum absolute atomic E-state index is 0.0253. The molecule has 0 heterocycles. The summed E-state index contributed by atoms with van der Waals surface area (Å²) in [5, 5.41) is 11.4. The number of carboxylic acid groups (broad SMARTS) is 1. The number of benzene rings is 2. The van der Waals surface area contributed by atoms with E-state index in [1.807, 2.05) is 0 Å². The Bertz CT molecular complexity index is 763. The smallest absolute Gasteiger partial charge is 0.480 e. The zero-order valence-corrected chi connectivity index (χ0v) is 13.9. The van der Waals surface area contributed by atoms with Crippen LogP contribution < -0.4 is 10.1 Å². The highest BCUT2D eigenvalue weighted by atomic mass is 19.4. The standard InChI is InChI=1S/C18H16F3NO5/c19-18(20,21)27-14-8-6-12(7-9-14)10-15(16(23)24)22-17(25)26-11-13-4-2-1-3-5-13/h1-9,15H,10-11H2,(H,22,25)(H,23,24). The van der Waals surface area contributed by atoms with Crippen molar-refractivity contribution >= 4 is 12.1 Å². The first-order chi connectivity index (χ1) is 12.7. The molecule has 0 aromatic heterocycles. The molecule has 0 aliphatic rings. The molecule has 2 aromatic rings. The molecule has 0 saturated heterocycles. The minimum atomic E-state index is -4.81. The van der Waals surface area contributed by atoms with Crippen LogP contribution in [-0.2, 0) is 22.6 Å². The van der Waals surface area contributed by atoms with E-state index in [9.17, 15) is 27.9 Å². The fraction of sp³-hybridized carbons (Fsp3) is 0.222. The van der Waals surface area contributed by atoms with Crippen LogP contribution in [0.15, 0.2) is 54.6 Å². The van der Waals surface area contributed by atoms with E-state index in [1.165, 1.54) is 12.1 Å². The number of ether oxygens (including phenoxy) is 2. The molecule has 144 valence electrons. The van der Waals surface area contributed by atoms with Crippen molar-refractivity contribution in [1.29, 1.82) is 0 Å². The van der Waals surface area contributed by atoms with Gasteiger partial charge in [-0.15, -0.1) is 13.2 Å². The van der Waals surface area contributed by atoms with E-state index in [2.05, 4.69) is 10.1 Å². The highest BCUT2D eigenvalue weighted by Crippen LogP contribution is 2.23. The molecule has 0 bridgehead atoms. The quantitative estimate of drug-likeness (QED) is 0.764. The number of hydrogen-bond acceptors (Lipinski definition) is 4. The Balaban J connectivity index is 1.91. The molecule has 2 N–H and O–H groups in total. The first kappa shape index (κ1) is 20.1. The number of carbonyl (C=O) groups is 2. The van der Waals surface area contributed by atoms with Crippen LogP contribution in [0.3, 0.4) is 0 Å². The van der Waals surface area contributed by atoms with E-state index in [1.54, 1.807) is 30.3 Å². The third-order valence-electron chi connectivity index (χ3n) is 3.40. The number of rotatable bonds is 7. The second-order valence-electron chi connectivity index (χ2n) is 5.49. The monoisotopic (exact) mass is 383 g/mol. The largest absolute Gasteiger partial charge is 0.573 e. The van der Waals surface area contributed by atoms with Gasteiger partial charge in [-0.3, -0.25) is 0 Å². The van der Waals surface area contributed by atoms with Gasteiger partial charge in [-0.2, -0.15) is 0 Å². The van der Waals surface area contributed by atoms with Gasteiger partial charge in [0.1, 0.15) is 18.4 Å². The summed E-state index contributed by atoms with van der Waals surface area (Å²) in [7, 11) is 0. The molecule has 0 spiro atoms. The van der Waals surface area contributed by atoms with E-state index in [0.29, 0.717) is 5.56 Å². The highest BCUT2D eigenvalue weighted by Gasteiger charge is 2.31. The molecule has 1 amide bonds. The SMILES string of the molecule is O=C(NC(Cc1ccc(OC(F)(F)F)cc1)C(=O)O)OCc1ccccc1. The zero-order valence-electron chi connectivity index (χ0n) is 13.9. The van der Waals surface area contributed by atoms with Crippen molar-refractivity contribution in [3.8, 4) is 5.75 Å². The molecule has 0 fully saturated rings. The lowest BCUT2D eigenvalue weighted by molar-refractivity contribution is -0.274. The average molecular weight is 383 g/mol. The second-order valence-corrected chi connectivity index (χ2v) is 5.49. The van der Waals surface area contributed by atoms with Crippen LogP contribution in [0.25, 0.3) is 0 Å². The molecule has 6 nitrogen and oxygen atoms in total. The summed E-state index contributed by atoms with van der Waals surface area (Å²) in [4.78, 5) is 23.1. The van der Waals surface area contributed by atoms with Gasteiger partial charge in [0.05, 0.1) is 0 Å². The second kappa shape index (κ2) is 8.93. The average Bonchev–Trinajstić information content (AvgIpc) is 2.60. The van der Waals surface area contributed by atoms with Gasteiger partial charge < -0.3 is 19.9 Å². The molecule has 27 heavy (non-hydrogen) atoms. The fourth-order valence-corrected chi connectivity index (χ4v) is 2.17. The van der Waals surface area contributed by atoms with Crippen molar-refractivity contribution < 1.29 is 37.3 Å². The number of hydrogen-bond donors (Lipinski definition) is 2. The molecule has 0 aliphatic carbocycles. The number of aliphatic carboxylic acids is 1. The number of alkyl halides is 3. The number of carbonyl (C=O) groups excluding carboxylic acids is 1. The molecule has 0 saturated carbocycles. The number of halogens is 3. The van der Waals surface area contributed by atoms with Gasteiger partial charge in [-0.1, -0.05) is 42.5 Å². The van der Waals surface area contributed by atoms with E-state index in [0.717, 1.165) is 17.7 Å². The van der Waals surface area contributed by atoms with Crippen LogP contribution in [-0.4, -0.2) is 29.6 Å². The summed E-state index contributed by atoms with van der Waals surface area (Å²) in [6.45, 7) is -0.0253. The van der Waals surface area contributed by atoms with Crippen molar-refractivity contribution in [3.05, 3.63) is 65.7 Å². The summed E-state index contributed by atoms with van der Waals surface area (Å²) in [5.74, 6) is -1.73. The van der Waals surface area contributed by atoms with Crippen LogP contribution in [0, 0.1) is 0 Å². The molecule has 9 heteroatoms. The lowest BCUT2D eigenvalue weighted by Gasteiger charge is -2.15. The maximum Gasteiger partial charge on any atom is 0.573 e. The van der Waals surface area contributed by atoms with Crippen molar-refractivity contribution in [1.82, 2.24) is 5.32 Å². The third-order valence-corrected chi connectivity index (χ3v) is 3.40. The molecule has 0 radical (unpaired) electrons. The van der Waals surface area contributed by atoms with Gasteiger partial charge in [0.2, 0.25) is 0 Å². The van der Waals surface area contributed by atoms with E-state index >= 15 is 0 Å². The Morgan fingerprint density at radius 3 is 2.19 bits per heavy atom. The van der Waals surface area contributed by atoms with Gasteiger partial charge in [0.25, 0.3) is 0 Å². The number of alkyl carbamates (subject to hydrolysis) is 1. The molecule has 1 atom stereocenters. The minimum Gasteiger partial charge on any atom is -0.480 e. The van der Waals surface area contributed by atoms with Crippen LogP contribution in [0.4, 0.5) is 18.0 Å². The summed E-state index contributed by atoms with van der Waals surface area (Å²) in [6, 6.07) is 12.2. The first-order valence-corrected chi connectivity index (χ1v) is 7.77. The highest BCUT2D eigenvalue weighted by molar-refractivity contribution is 5.80. The van der Waals surface area contributed by atoms with Crippen molar-refractivity contribution in [2.75, 3.05) is 0 Å². The Labute approximate surface area is 152 Å². The number of carboxylic acids is 1. The fourth-order valence-electron chi connectivity index (χ4n) is 2.17. The summed E-state index contributed by atoms with van der Waals surface area (Å²) >= 11 is 0. The lowest BCUT2D eigenvalue weighted by atomic mass is 10.1. The molecule has 0 aliphatic heterocycles. The summed E-state index contributed by atoms with van der Waals surface area (Å²) < 4.78 is 45.1. The van der Waals surface area contributed by atoms with Gasteiger partial charge in [0, 0.05) is 6.42 Å². The Morgan fingerprint density at radius 1 is 1.00 bits per heavy atom. The molecular formula is C18H16F3NO5. The summed E-state index contributed by atoms with van der Waals surface area (Å²) in [5.41, 5.74) is 1.14. The molecule has 2 rings (SSSR count).